The van der Waals surface area contributed by atoms with Crippen LogP contribution in [0.1, 0.15) is 27.8 Å². The van der Waals surface area contributed by atoms with E-state index < -0.39 is 68.1 Å². The van der Waals surface area contributed by atoms with Gasteiger partial charge in [-0.3, -0.25) is 14.7 Å². The van der Waals surface area contributed by atoms with Crippen LogP contribution in [0.15, 0.2) is 287 Å². The molecule has 0 unspecified atom stereocenters. The van der Waals surface area contributed by atoms with E-state index in [0.29, 0.717) is 73.2 Å². The van der Waals surface area contributed by atoms with E-state index in [2.05, 4.69) is 61.8 Å². The number of nitro benzene ring substituents is 1. The minimum atomic E-state index is -4.70. The van der Waals surface area contributed by atoms with Crippen LogP contribution in [-0.2, 0) is 69.6 Å². The molecule has 1 radical (unpaired) electrons. The number of para-hydroxylation sites is 2. The molecule has 0 amide bonds. The predicted octanol–water partition coefficient (Wildman–Crippen LogP) is 18.6. The quantitative estimate of drug-likeness (QED) is 0.0103. The molecular formula is C75H61CuN13O22S5. The topological polar surface area (TPSA) is 529 Å². The largest absolute Gasteiger partial charge is 0.506 e. The van der Waals surface area contributed by atoms with Gasteiger partial charge in [0.25, 0.3) is 15.8 Å². The van der Waals surface area contributed by atoms with Crippen molar-refractivity contribution in [2.45, 2.75) is 25.7 Å². The van der Waals surface area contributed by atoms with Crippen molar-refractivity contribution in [2.24, 2.45) is 51.1 Å². The van der Waals surface area contributed by atoms with Gasteiger partial charge in [-0.05, 0) is 181 Å². The molecule has 0 fully saturated rings. The molecule has 12 aromatic rings. The van der Waals surface area contributed by atoms with Crippen molar-refractivity contribution < 1.29 is 110 Å². The monoisotopic (exact) mass is 1720 g/mol. The molecule has 0 atom stereocenters. The van der Waals surface area contributed by atoms with Crippen molar-refractivity contribution in [3.63, 3.8) is 0 Å². The minimum Gasteiger partial charge on any atom is -0.506 e. The number of ether oxygens (including phenoxy) is 2. The van der Waals surface area contributed by atoms with Crippen LogP contribution in [0.3, 0.4) is 0 Å². The van der Waals surface area contributed by atoms with Crippen LogP contribution >= 0.6 is 0 Å². The number of anilines is 4. The standard InChI is InChI=1S/C38H33N7O3.C37H28N6O7S.Cu.4O3S/c1-24-19-35(36(47-3)22-32(24)42-40-28-13-9-6-10-14-28)45-43-33-23-37(48-4)34(20-25(33)2)44-41-31-18-15-26-21-29(16-17-30(26)38(31)46)39-27-11-7-5-8-12-27;1-23-19-34(42-40-32-18-12-26-20-29(15-17-31(26)37(32)45)38-27-5-3-2-4-6-27)35(44)22-33(23)41-39-28-13-8-24(9-14-28)7-10-25-11-16-30(43(46)47)21-36(25)51(48,49)50;;4*1-4(2)3/h5-23,39,46H,1-4H3;2-22,38,44-45H,1H3,(H,48,49,50);;;;;. The van der Waals surface area contributed by atoms with Gasteiger partial charge in [-0.15, -0.1) is 76.1 Å². The number of hydrogen-bond acceptors (Lipinski definition) is 33. The maximum absolute atomic E-state index is 11.8. The van der Waals surface area contributed by atoms with Gasteiger partial charge >= 0.3 is 42.4 Å². The van der Waals surface area contributed by atoms with E-state index in [9.17, 15) is 38.4 Å². The maximum Gasteiger partial charge on any atom is 0.425 e. The number of hydrogen-bond donors (Lipinski definition) is 6. The first-order valence-corrected chi connectivity index (χ1v) is 37.8. The summed E-state index contributed by atoms with van der Waals surface area (Å²) in [6.07, 6.45) is 2.99. The summed E-state index contributed by atoms with van der Waals surface area (Å²) in [6, 6.07) is 67.7. The van der Waals surface area contributed by atoms with Crippen LogP contribution < -0.4 is 20.1 Å². The number of aryl methyl sites for hydroxylation is 3. The van der Waals surface area contributed by atoms with Gasteiger partial charge in [0.05, 0.1) is 47.6 Å². The summed E-state index contributed by atoms with van der Waals surface area (Å²) in [7, 11) is -14.0. The van der Waals surface area contributed by atoms with Crippen molar-refractivity contribution in [3.05, 3.63) is 268 Å². The van der Waals surface area contributed by atoms with Gasteiger partial charge in [0.2, 0.25) is 0 Å². The fourth-order valence-corrected chi connectivity index (χ4v) is 10.8. The molecule has 41 heteroatoms. The Kier molecular flexibility index (Phi) is 34.5. The number of nitrogens with zero attached hydrogens (tertiary/aromatic N) is 11. The van der Waals surface area contributed by atoms with Crippen LogP contribution in [0.25, 0.3) is 33.7 Å². The number of nitro groups is 1. The maximum atomic E-state index is 11.8. The van der Waals surface area contributed by atoms with Crippen LogP contribution in [0.2, 0.25) is 0 Å². The summed E-state index contributed by atoms with van der Waals surface area (Å²) in [5.41, 5.74) is 11.0. The van der Waals surface area contributed by atoms with E-state index in [1.807, 2.05) is 159 Å². The number of phenolic OH excluding ortho intramolecular Hbond substituents is 3. The van der Waals surface area contributed by atoms with Crippen LogP contribution in [0.5, 0.6) is 28.7 Å². The second-order valence-corrected chi connectivity index (χ2v) is 26.0. The van der Waals surface area contributed by atoms with E-state index in [1.54, 1.807) is 87.9 Å². The second kappa shape index (κ2) is 44.2. The fourth-order valence-electron chi connectivity index (χ4n) is 10.1. The molecule has 0 aliphatic carbocycles. The summed E-state index contributed by atoms with van der Waals surface area (Å²) in [5, 5.41) is 96.5. The van der Waals surface area contributed by atoms with Crippen molar-refractivity contribution in [2.75, 3.05) is 24.9 Å². The number of aromatic hydroxyl groups is 3. The Morgan fingerprint density at radius 2 is 0.750 bits per heavy atom. The van der Waals surface area contributed by atoms with E-state index in [1.165, 1.54) is 18.2 Å². The number of benzene rings is 12. The molecule has 0 saturated heterocycles. The molecule has 6 N–H and O–H groups in total. The Morgan fingerprint density at radius 3 is 1.16 bits per heavy atom. The molecular weight excluding hydrogens is 1660 g/mol. The smallest absolute Gasteiger partial charge is 0.425 e. The summed E-state index contributed by atoms with van der Waals surface area (Å²) < 4.78 is 146. The predicted molar refractivity (Wildman–Crippen MR) is 423 cm³/mol. The average Bonchev–Trinajstić information content (AvgIpc) is 0.804. The number of azo groups is 5. The number of phenols is 3. The Hall–Kier alpha value is -14.2. The van der Waals surface area contributed by atoms with E-state index in [4.69, 9.17) is 60.0 Å². The Labute approximate surface area is 676 Å². The van der Waals surface area contributed by atoms with Gasteiger partial charge in [-0.25, -0.2) is 0 Å². The fraction of sp³-hybridized carbons (Fsp3) is 0.0667. The van der Waals surface area contributed by atoms with E-state index in [0.717, 1.165) is 62.5 Å². The zero-order valence-corrected chi connectivity index (χ0v) is 65.5. The molecule has 0 aromatic heterocycles. The molecule has 599 valence electrons. The normalized spacial score (nSPS) is 10.9. The van der Waals surface area contributed by atoms with Gasteiger partial charge in [0.15, 0.2) is 11.5 Å². The number of nitrogens with one attached hydrogen (secondary N) is 2. The molecule has 35 nitrogen and oxygen atoms in total. The molecule has 0 aliphatic rings. The van der Waals surface area contributed by atoms with Crippen LogP contribution in [-0.4, -0.2) is 97.9 Å². The van der Waals surface area contributed by atoms with Crippen LogP contribution in [0, 0.1) is 30.9 Å². The van der Waals surface area contributed by atoms with Crippen molar-refractivity contribution in [1.82, 2.24) is 0 Å². The molecule has 0 aliphatic heterocycles. The van der Waals surface area contributed by atoms with Crippen molar-refractivity contribution >= 4 is 172 Å². The second-order valence-electron chi connectivity index (χ2n) is 23.0. The van der Waals surface area contributed by atoms with Gasteiger partial charge in [0, 0.05) is 80.9 Å². The Bertz CT molecular complexity index is 6260. The van der Waals surface area contributed by atoms with Crippen LogP contribution in [0.4, 0.5) is 85.3 Å². The summed E-state index contributed by atoms with van der Waals surface area (Å²) in [6.45, 7) is 5.60. The molecule has 0 bridgehead atoms. The molecule has 0 spiro atoms. The Balaban J connectivity index is 0.000000302. The molecule has 12 rings (SSSR count). The van der Waals surface area contributed by atoms with Gasteiger partial charge in [0.1, 0.15) is 50.6 Å². The average molecular weight is 1720 g/mol. The summed E-state index contributed by atoms with van der Waals surface area (Å²) in [4.78, 5) is 9.69. The van der Waals surface area contributed by atoms with Crippen molar-refractivity contribution in [1.29, 1.82) is 0 Å². The number of methoxy groups -OCH3 is 2. The molecule has 12 aromatic carbocycles. The van der Waals surface area contributed by atoms with E-state index in [-0.39, 0.29) is 51.3 Å². The van der Waals surface area contributed by atoms with Gasteiger partial charge in [-0.1, -0.05) is 91.0 Å². The first-order valence-electron chi connectivity index (χ1n) is 32.4. The zero-order valence-electron chi connectivity index (χ0n) is 60.5. The molecule has 0 saturated carbocycles. The van der Waals surface area contributed by atoms with Gasteiger partial charge in [-0.2, -0.15) is 34.0 Å². The van der Waals surface area contributed by atoms with Crippen molar-refractivity contribution in [3.8, 4) is 28.7 Å². The third-order valence-electron chi connectivity index (χ3n) is 15.3. The molecule has 0 heterocycles. The number of non-ortho nitro benzene ring substituents is 1. The number of fused-ring (bicyclic) bond motifs is 2. The zero-order chi connectivity index (χ0) is 83.9. The third kappa shape index (κ3) is 28.5. The SMILES string of the molecule is COc1cc(N=Nc2ccccc2)c(C)cc1N=Nc1cc(OC)c(N=Nc2ccc3cc(Nc4ccccc4)ccc3c2O)cc1C.Cc1cc(N=Nc2ccc3cc(Nc4ccccc4)ccc3c2O)c(O)cc1N=Nc1ccc(C=Cc2ccc([N+](=O)[O-])cc2S(=O)(=O)O)cc1.O=S(=O)=O.O=S(=O)=O.O=S(=O)=O.O=S(=O)=O.[Cu]. The Morgan fingerprint density at radius 1 is 0.388 bits per heavy atom. The summed E-state index contributed by atoms with van der Waals surface area (Å²) >= 11 is 0. The van der Waals surface area contributed by atoms with E-state index >= 15 is 0 Å². The minimum absolute atomic E-state index is 0. The van der Waals surface area contributed by atoms with Gasteiger partial charge < -0.3 is 35.4 Å². The third-order valence-corrected chi connectivity index (χ3v) is 16.2. The number of rotatable bonds is 20. The first kappa shape index (κ1) is 90.7. The summed E-state index contributed by atoms with van der Waals surface area (Å²) in [5.74, 6) is 0.779. The molecule has 116 heavy (non-hydrogen) atoms. The first-order chi connectivity index (χ1) is 54.8.